The maximum Gasteiger partial charge on any atom is 0.274 e. The average molecular weight is 310 g/mol. The molecule has 1 aromatic heterocycles. The zero-order chi connectivity index (χ0) is 12.7. The third-order valence-corrected chi connectivity index (χ3v) is 4.20. The molecule has 0 saturated carbocycles. The maximum absolute atomic E-state index is 12.2. The standard InChI is InChI=1S/C13H16BrN3O/c1-16-13(18)11-8-9(14)2-3-12(11)17(16)10-4-6-15-7-5-10/h2-3,8,10,15H,4-7H2,1H3. The molecule has 1 fully saturated rings. The van der Waals surface area contributed by atoms with Gasteiger partial charge in [-0.25, -0.2) is 0 Å². The lowest BCUT2D eigenvalue weighted by Gasteiger charge is -2.26. The van der Waals surface area contributed by atoms with Crippen LogP contribution in [0.2, 0.25) is 0 Å². The van der Waals surface area contributed by atoms with Crippen molar-refractivity contribution in [1.29, 1.82) is 0 Å². The molecule has 0 unspecified atom stereocenters. The van der Waals surface area contributed by atoms with E-state index in [1.165, 1.54) is 0 Å². The monoisotopic (exact) mass is 309 g/mol. The molecular formula is C13H16BrN3O. The van der Waals surface area contributed by atoms with Gasteiger partial charge in [-0.15, -0.1) is 0 Å². The minimum Gasteiger partial charge on any atom is -0.317 e. The van der Waals surface area contributed by atoms with Crippen LogP contribution in [0.1, 0.15) is 18.9 Å². The lowest BCUT2D eigenvalue weighted by atomic mass is 10.1. The van der Waals surface area contributed by atoms with Crippen molar-refractivity contribution < 1.29 is 0 Å². The van der Waals surface area contributed by atoms with Crippen molar-refractivity contribution in [3.8, 4) is 0 Å². The molecule has 0 aliphatic carbocycles. The van der Waals surface area contributed by atoms with Crippen molar-refractivity contribution in [1.82, 2.24) is 14.7 Å². The molecule has 0 radical (unpaired) electrons. The van der Waals surface area contributed by atoms with Gasteiger partial charge in [-0.1, -0.05) is 15.9 Å². The molecule has 4 nitrogen and oxygen atoms in total. The first kappa shape index (κ1) is 12.0. The van der Waals surface area contributed by atoms with Crippen LogP contribution in [-0.2, 0) is 7.05 Å². The van der Waals surface area contributed by atoms with Gasteiger partial charge in [0.15, 0.2) is 0 Å². The molecule has 1 saturated heterocycles. The van der Waals surface area contributed by atoms with Crippen molar-refractivity contribution >= 4 is 26.8 Å². The largest absolute Gasteiger partial charge is 0.317 e. The van der Waals surface area contributed by atoms with Crippen LogP contribution < -0.4 is 10.9 Å². The molecule has 1 N–H and O–H groups in total. The van der Waals surface area contributed by atoms with Crippen molar-refractivity contribution in [3.63, 3.8) is 0 Å². The SMILES string of the molecule is Cn1c(=O)c2cc(Br)ccc2n1C1CCNCC1. The van der Waals surface area contributed by atoms with Crippen molar-refractivity contribution in [2.75, 3.05) is 13.1 Å². The Kier molecular flexibility index (Phi) is 3.03. The van der Waals surface area contributed by atoms with Gasteiger partial charge in [0.1, 0.15) is 0 Å². The number of halogens is 1. The van der Waals surface area contributed by atoms with Crippen LogP contribution >= 0.6 is 15.9 Å². The number of nitrogens with one attached hydrogen (secondary N) is 1. The van der Waals surface area contributed by atoms with Crippen LogP contribution in [0.25, 0.3) is 10.9 Å². The van der Waals surface area contributed by atoms with Crippen molar-refractivity contribution in [2.45, 2.75) is 18.9 Å². The summed E-state index contributed by atoms with van der Waals surface area (Å²) in [6.07, 6.45) is 2.15. The fourth-order valence-electron chi connectivity index (χ4n) is 2.81. The zero-order valence-corrected chi connectivity index (χ0v) is 11.9. The van der Waals surface area contributed by atoms with Crippen molar-refractivity contribution in [3.05, 3.63) is 33.0 Å². The van der Waals surface area contributed by atoms with E-state index in [9.17, 15) is 4.79 Å². The summed E-state index contributed by atoms with van der Waals surface area (Å²) in [6, 6.07) is 6.36. The third kappa shape index (κ3) is 1.82. The Hall–Kier alpha value is -1.07. The Bertz CT molecular complexity index is 637. The predicted molar refractivity (Wildman–Crippen MR) is 76.0 cm³/mol. The molecule has 18 heavy (non-hydrogen) atoms. The Labute approximate surface area is 114 Å². The van der Waals surface area contributed by atoms with Gasteiger partial charge in [0, 0.05) is 11.5 Å². The summed E-state index contributed by atoms with van der Waals surface area (Å²) in [4.78, 5) is 12.2. The number of aromatic nitrogens is 2. The fraction of sp³-hybridized carbons (Fsp3) is 0.462. The second-order valence-corrected chi connectivity index (χ2v) is 5.73. The van der Waals surface area contributed by atoms with Crippen LogP contribution in [0.3, 0.4) is 0 Å². The summed E-state index contributed by atoms with van der Waals surface area (Å²) in [6.45, 7) is 2.05. The van der Waals surface area contributed by atoms with E-state index in [4.69, 9.17) is 0 Å². The van der Waals surface area contributed by atoms with E-state index in [-0.39, 0.29) is 5.56 Å². The molecule has 1 aliphatic rings. The number of fused-ring (bicyclic) bond motifs is 1. The van der Waals surface area contributed by atoms with Crippen molar-refractivity contribution in [2.24, 2.45) is 7.05 Å². The first-order valence-corrected chi connectivity index (χ1v) is 7.05. The van der Waals surface area contributed by atoms with Crippen LogP contribution in [0.15, 0.2) is 27.5 Å². The van der Waals surface area contributed by atoms with Crippen LogP contribution in [0.4, 0.5) is 0 Å². The first-order chi connectivity index (χ1) is 8.68. The highest BCUT2D eigenvalue weighted by Gasteiger charge is 2.20. The summed E-state index contributed by atoms with van der Waals surface area (Å²) in [5.74, 6) is 0. The van der Waals surface area contributed by atoms with Gasteiger partial charge < -0.3 is 5.32 Å². The number of piperidine rings is 1. The smallest absolute Gasteiger partial charge is 0.274 e. The molecule has 0 bridgehead atoms. The highest BCUT2D eigenvalue weighted by atomic mass is 79.9. The number of hydrogen-bond donors (Lipinski definition) is 1. The van der Waals surface area contributed by atoms with E-state index >= 15 is 0 Å². The molecular weight excluding hydrogens is 294 g/mol. The Morgan fingerprint density at radius 3 is 2.78 bits per heavy atom. The number of hydrogen-bond acceptors (Lipinski definition) is 2. The van der Waals surface area contributed by atoms with Gasteiger partial charge >= 0.3 is 0 Å². The summed E-state index contributed by atoms with van der Waals surface area (Å²) >= 11 is 3.43. The number of benzene rings is 1. The minimum atomic E-state index is 0.0878. The van der Waals surface area contributed by atoms with E-state index < -0.39 is 0 Å². The predicted octanol–water partition coefficient (Wildman–Crippen LogP) is 2.03. The highest BCUT2D eigenvalue weighted by Crippen LogP contribution is 2.25. The first-order valence-electron chi connectivity index (χ1n) is 6.26. The summed E-state index contributed by atoms with van der Waals surface area (Å²) < 4.78 is 4.87. The van der Waals surface area contributed by atoms with Gasteiger partial charge in [0.25, 0.3) is 5.56 Å². The molecule has 5 heteroatoms. The van der Waals surface area contributed by atoms with E-state index in [1.807, 2.05) is 25.2 Å². The molecule has 3 rings (SSSR count). The lowest BCUT2D eigenvalue weighted by Crippen LogP contribution is -2.32. The minimum absolute atomic E-state index is 0.0878. The highest BCUT2D eigenvalue weighted by molar-refractivity contribution is 9.10. The molecule has 0 spiro atoms. The van der Waals surface area contributed by atoms with Gasteiger partial charge in [-0.2, -0.15) is 0 Å². The molecule has 2 heterocycles. The Morgan fingerprint density at radius 1 is 1.33 bits per heavy atom. The van der Waals surface area contributed by atoms with Gasteiger partial charge in [0.05, 0.1) is 16.9 Å². The zero-order valence-electron chi connectivity index (χ0n) is 10.3. The second kappa shape index (κ2) is 4.55. The fourth-order valence-corrected chi connectivity index (χ4v) is 3.17. The molecule has 2 aromatic rings. The average Bonchev–Trinajstić information content (AvgIpc) is 2.64. The van der Waals surface area contributed by atoms with E-state index in [0.717, 1.165) is 41.3 Å². The molecule has 96 valence electrons. The Balaban J connectivity index is 2.22. The van der Waals surface area contributed by atoms with Crippen LogP contribution in [-0.4, -0.2) is 22.5 Å². The maximum atomic E-state index is 12.2. The van der Waals surface area contributed by atoms with E-state index in [0.29, 0.717) is 6.04 Å². The lowest BCUT2D eigenvalue weighted by molar-refractivity contribution is 0.319. The normalized spacial score (nSPS) is 17.4. The molecule has 0 atom stereocenters. The van der Waals surface area contributed by atoms with Crippen LogP contribution in [0, 0.1) is 0 Å². The van der Waals surface area contributed by atoms with Gasteiger partial charge in [-0.05, 0) is 44.1 Å². The molecule has 1 aliphatic heterocycles. The summed E-state index contributed by atoms with van der Waals surface area (Å²) in [5.41, 5.74) is 1.13. The van der Waals surface area contributed by atoms with Crippen LogP contribution in [0.5, 0.6) is 0 Å². The second-order valence-electron chi connectivity index (χ2n) is 4.82. The Morgan fingerprint density at radius 2 is 2.06 bits per heavy atom. The number of nitrogens with zero attached hydrogens (tertiary/aromatic N) is 2. The summed E-state index contributed by atoms with van der Waals surface area (Å²) in [5, 5.41) is 4.16. The topological polar surface area (TPSA) is 39.0 Å². The summed E-state index contributed by atoms with van der Waals surface area (Å²) in [7, 11) is 1.86. The quantitative estimate of drug-likeness (QED) is 0.875. The molecule has 1 aromatic carbocycles. The third-order valence-electron chi connectivity index (χ3n) is 3.71. The number of rotatable bonds is 1. The van der Waals surface area contributed by atoms with Gasteiger partial charge in [0.2, 0.25) is 0 Å². The molecule has 0 amide bonds. The van der Waals surface area contributed by atoms with Gasteiger partial charge in [-0.3, -0.25) is 14.2 Å². The van der Waals surface area contributed by atoms with E-state index in [1.54, 1.807) is 4.68 Å². The van der Waals surface area contributed by atoms with E-state index in [2.05, 4.69) is 25.9 Å².